The van der Waals surface area contributed by atoms with E-state index in [0.29, 0.717) is 18.1 Å². The van der Waals surface area contributed by atoms with E-state index in [0.717, 1.165) is 29.4 Å². The lowest BCUT2D eigenvalue weighted by atomic mass is 10.1. The van der Waals surface area contributed by atoms with Gasteiger partial charge >= 0.3 is 0 Å². The summed E-state index contributed by atoms with van der Waals surface area (Å²) in [5, 5.41) is 10.4. The van der Waals surface area contributed by atoms with E-state index in [4.69, 9.17) is 4.74 Å². The van der Waals surface area contributed by atoms with Gasteiger partial charge in [-0.25, -0.2) is 4.68 Å². The van der Waals surface area contributed by atoms with Crippen molar-refractivity contribution in [3.05, 3.63) is 41.4 Å². The molecule has 2 heterocycles. The second-order valence-electron chi connectivity index (χ2n) is 5.27. The first-order valence-corrected chi connectivity index (χ1v) is 7.46. The van der Waals surface area contributed by atoms with Gasteiger partial charge in [0.15, 0.2) is 5.82 Å². The highest BCUT2D eigenvalue weighted by Crippen LogP contribution is 2.22. The van der Waals surface area contributed by atoms with Crippen molar-refractivity contribution in [1.29, 1.82) is 0 Å². The molecule has 0 spiro atoms. The lowest BCUT2D eigenvalue weighted by molar-refractivity contribution is -0.113. The van der Waals surface area contributed by atoms with Gasteiger partial charge in [-0.15, -0.1) is 0 Å². The summed E-state index contributed by atoms with van der Waals surface area (Å²) in [6.45, 7) is 4.27. The van der Waals surface area contributed by atoms with Crippen LogP contribution in [0.15, 0.2) is 35.5 Å². The molecule has 1 aromatic heterocycles. The summed E-state index contributed by atoms with van der Waals surface area (Å²) in [6, 6.07) is 7.22. The molecule has 2 aromatic rings. The minimum absolute atomic E-state index is 0.153. The largest absolute Gasteiger partial charge is 0.497 e. The van der Waals surface area contributed by atoms with Crippen LogP contribution >= 0.6 is 0 Å². The number of aryl methyl sites for hydroxylation is 1. The maximum Gasteiger partial charge on any atom is 0.255 e. The molecule has 1 aliphatic heterocycles. The number of amides is 1. The predicted molar refractivity (Wildman–Crippen MR) is 87.3 cm³/mol. The average Bonchev–Trinajstić information content (AvgIpc) is 2.96. The fourth-order valence-electron chi connectivity index (χ4n) is 2.38. The molecule has 0 saturated heterocycles. The second kappa shape index (κ2) is 6.12. The number of hydrogen-bond acceptors (Lipinski definition) is 5. The van der Waals surface area contributed by atoms with Gasteiger partial charge in [0, 0.05) is 17.8 Å². The van der Waals surface area contributed by atoms with Crippen LogP contribution in [0, 0.1) is 0 Å². The van der Waals surface area contributed by atoms with Crippen LogP contribution in [-0.4, -0.2) is 27.8 Å². The van der Waals surface area contributed by atoms with Gasteiger partial charge in [-0.2, -0.15) is 10.1 Å². The van der Waals surface area contributed by atoms with Crippen molar-refractivity contribution in [2.24, 2.45) is 0 Å². The standard InChI is InChI=1S/C16H19N5O2/c1-4-14-19-16-17-10(2)13(9-21(16)20-14)15(22)18-11-5-7-12(23-3)8-6-11/h5-8H,4,9H2,1-3H3,(H,18,22)(H,17,19,20). The van der Waals surface area contributed by atoms with Crippen LogP contribution < -0.4 is 15.4 Å². The number of anilines is 2. The third kappa shape index (κ3) is 3.03. The summed E-state index contributed by atoms with van der Waals surface area (Å²) < 4.78 is 6.83. The Balaban J connectivity index is 1.75. The third-order valence-corrected chi connectivity index (χ3v) is 3.71. The molecule has 7 heteroatoms. The first-order chi connectivity index (χ1) is 11.1. The summed E-state index contributed by atoms with van der Waals surface area (Å²) in [4.78, 5) is 16.9. The molecule has 0 aliphatic carbocycles. The van der Waals surface area contributed by atoms with Crippen LogP contribution in [0.25, 0.3) is 0 Å². The molecule has 0 bridgehead atoms. The minimum Gasteiger partial charge on any atom is -0.497 e. The first-order valence-electron chi connectivity index (χ1n) is 7.46. The number of carbonyl (C=O) groups excluding carboxylic acids is 1. The maximum absolute atomic E-state index is 12.5. The smallest absolute Gasteiger partial charge is 0.255 e. The highest BCUT2D eigenvalue weighted by atomic mass is 16.5. The Hall–Kier alpha value is -2.83. The van der Waals surface area contributed by atoms with Crippen LogP contribution in [0.5, 0.6) is 5.75 Å². The van der Waals surface area contributed by atoms with Crippen molar-refractivity contribution >= 4 is 17.5 Å². The van der Waals surface area contributed by atoms with Crippen LogP contribution in [0.2, 0.25) is 0 Å². The molecule has 2 N–H and O–H groups in total. The van der Waals surface area contributed by atoms with Gasteiger partial charge in [0.05, 0.1) is 19.2 Å². The molecule has 1 aliphatic rings. The molecule has 0 unspecified atom stereocenters. The summed E-state index contributed by atoms with van der Waals surface area (Å²) in [7, 11) is 1.61. The lowest BCUT2D eigenvalue weighted by Crippen LogP contribution is -2.26. The molecule has 0 fully saturated rings. The van der Waals surface area contributed by atoms with E-state index in [2.05, 4.69) is 20.7 Å². The Morgan fingerprint density at radius 1 is 1.39 bits per heavy atom. The Bertz CT molecular complexity index is 761. The molecule has 3 rings (SSSR count). The number of rotatable bonds is 4. The normalized spacial score (nSPS) is 13.3. The number of methoxy groups -OCH3 is 1. The van der Waals surface area contributed by atoms with Gasteiger partial charge in [0.1, 0.15) is 5.75 Å². The van der Waals surface area contributed by atoms with E-state index in [1.165, 1.54) is 0 Å². The highest BCUT2D eigenvalue weighted by Gasteiger charge is 2.23. The summed E-state index contributed by atoms with van der Waals surface area (Å²) in [6.07, 6.45) is 0.758. The van der Waals surface area contributed by atoms with Crippen molar-refractivity contribution in [3.8, 4) is 5.75 Å². The molecule has 0 saturated carbocycles. The molecule has 1 amide bonds. The molecule has 23 heavy (non-hydrogen) atoms. The zero-order chi connectivity index (χ0) is 16.4. The number of fused-ring (bicyclic) bond motifs is 1. The number of nitrogens with zero attached hydrogens (tertiary/aromatic N) is 3. The number of aromatic nitrogens is 3. The molecule has 0 radical (unpaired) electrons. The molecular formula is C16H19N5O2. The SMILES string of the molecule is CCc1nc2n(n1)CC(C(=O)Nc1ccc(OC)cc1)=C(C)N2. The van der Waals surface area contributed by atoms with Gasteiger partial charge in [-0.1, -0.05) is 6.92 Å². The zero-order valence-corrected chi connectivity index (χ0v) is 13.4. The van der Waals surface area contributed by atoms with Gasteiger partial charge in [-0.05, 0) is 31.2 Å². The third-order valence-electron chi connectivity index (χ3n) is 3.71. The Morgan fingerprint density at radius 2 is 2.13 bits per heavy atom. The van der Waals surface area contributed by atoms with Gasteiger partial charge < -0.3 is 15.4 Å². The van der Waals surface area contributed by atoms with E-state index in [1.54, 1.807) is 36.1 Å². The Labute approximate surface area is 134 Å². The summed E-state index contributed by atoms with van der Waals surface area (Å²) in [5.41, 5.74) is 2.15. The molecular weight excluding hydrogens is 294 g/mol. The molecule has 7 nitrogen and oxygen atoms in total. The highest BCUT2D eigenvalue weighted by molar-refractivity contribution is 6.04. The lowest BCUT2D eigenvalue weighted by Gasteiger charge is -2.19. The maximum atomic E-state index is 12.5. The fraction of sp³-hybridized carbons (Fsp3) is 0.312. The van der Waals surface area contributed by atoms with Crippen LogP contribution in [0.3, 0.4) is 0 Å². The quantitative estimate of drug-likeness (QED) is 0.904. The van der Waals surface area contributed by atoms with Crippen LogP contribution in [0.1, 0.15) is 19.7 Å². The molecule has 0 atom stereocenters. The van der Waals surface area contributed by atoms with Crippen LogP contribution in [-0.2, 0) is 17.8 Å². The van der Waals surface area contributed by atoms with E-state index in [9.17, 15) is 4.79 Å². The first kappa shape index (κ1) is 15.1. The van der Waals surface area contributed by atoms with E-state index in [1.807, 2.05) is 13.8 Å². The van der Waals surface area contributed by atoms with Crippen molar-refractivity contribution in [3.63, 3.8) is 0 Å². The number of hydrogen-bond donors (Lipinski definition) is 2. The van der Waals surface area contributed by atoms with Gasteiger partial charge in [0.25, 0.3) is 5.91 Å². The number of carbonyl (C=O) groups is 1. The molecule has 120 valence electrons. The Morgan fingerprint density at radius 3 is 2.78 bits per heavy atom. The number of benzene rings is 1. The van der Waals surface area contributed by atoms with Crippen molar-refractivity contribution < 1.29 is 9.53 Å². The van der Waals surface area contributed by atoms with Gasteiger partial charge in [-0.3, -0.25) is 4.79 Å². The number of ether oxygens (including phenoxy) is 1. The second-order valence-corrected chi connectivity index (χ2v) is 5.27. The number of allylic oxidation sites excluding steroid dienone is 1. The monoisotopic (exact) mass is 313 g/mol. The number of nitrogens with one attached hydrogen (secondary N) is 2. The van der Waals surface area contributed by atoms with Gasteiger partial charge in [0.2, 0.25) is 5.95 Å². The van der Waals surface area contributed by atoms with E-state index in [-0.39, 0.29) is 5.91 Å². The van der Waals surface area contributed by atoms with Crippen molar-refractivity contribution in [2.45, 2.75) is 26.8 Å². The zero-order valence-electron chi connectivity index (χ0n) is 13.4. The minimum atomic E-state index is -0.153. The Kier molecular flexibility index (Phi) is 4.01. The summed E-state index contributed by atoms with van der Waals surface area (Å²) >= 11 is 0. The molecule has 1 aromatic carbocycles. The van der Waals surface area contributed by atoms with Crippen LogP contribution in [0.4, 0.5) is 11.6 Å². The van der Waals surface area contributed by atoms with E-state index >= 15 is 0 Å². The average molecular weight is 313 g/mol. The van der Waals surface area contributed by atoms with Crippen molar-refractivity contribution in [2.75, 3.05) is 17.7 Å². The fourth-order valence-corrected chi connectivity index (χ4v) is 2.38. The van der Waals surface area contributed by atoms with E-state index < -0.39 is 0 Å². The predicted octanol–water partition coefficient (Wildman–Crippen LogP) is 2.19. The summed E-state index contributed by atoms with van der Waals surface area (Å²) in [5.74, 6) is 2.04. The van der Waals surface area contributed by atoms with Crippen molar-refractivity contribution in [1.82, 2.24) is 14.8 Å². The topological polar surface area (TPSA) is 81.1 Å².